The van der Waals surface area contributed by atoms with E-state index in [0.29, 0.717) is 29.7 Å². The van der Waals surface area contributed by atoms with Crippen molar-refractivity contribution in [2.75, 3.05) is 26.2 Å². The van der Waals surface area contributed by atoms with Crippen LogP contribution in [0.1, 0.15) is 24.2 Å². The molecule has 0 unspecified atom stereocenters. The maximum atomic E-state index is 12.7. The maximum absolute atomic E-state index is 12.7. The molecule has 1 aliphatic heterocycles. The van der Waals surface area contributed by atoms with Crippen LogP contribution in [0, 0.1) is 0 Å². The number of aromatic nitrogens is 4. The lowest BCUT2D eigenvalue weighted by molar-refractivity contribution is -0.133. The first-order valence-corrected chi connectivity index (χ1v) is 11.8. The van der Waals surface area contributed by atoms with E-state index in [1.807, 2.05) is 26.8 Å². The molecule has 0 spiro atoms. The van der Waals surface area contributed by atoms with Crippen molar-refractivity contribution in [3.8, 4) is 0 Å². The van der Waals surface area contributed by atoms with Crippen LogP contribution in [0.5, 0.6) is 0 Å². The van der Waals surface area contributed by atoms with Crippen LogP contribution in [-0.2, 0) is 24.8 Å². The van der Waals surface area contributed by atoms with Crippen LogP contribution in [0.4, 0.5) is 0 Å². The highest BCUT2D eigenvalue weighted by Crippen LogP contribution is 2.20. The molecule has 32 heavy (non-hydrogen) atoms. The van der Waals surface area contributed by atoms with Crippen molar-refractivity contribution in [3.05, 3.63) is 63.5 Å². The van der Waals surface area contributed by atoms with Crippen molar-refractivity contribution < 1.29 is 4.79 Å². The van der Waals surface area contributed by atoms with Crippen molar-refractivity contribution in [2.45, 2.75) is 25.8 Å². The number of carbonyl (C=O) groups excluding carboxylic acids is 1. The third-order valence-electron chi connectivity index (χ3n) is 6.16. The van der Waals surface area contributed by atoms with E-state index in [1.54, 1.807) is 7.05 Å². The molecular weight excluding hydrogens is 424 g/mol. The number of carbonyl (C=O) groups is 1. The summed E-state index contributed by atoms with van der Waals surface area (Å²) in [5.74, 6) is 1.53. The van der Waals surface area contributed by atoms with Crippen LogP contribution >= 0.6 is 11.3 Å². The molecule has 0 bridgehead atoms. The summed E-state index contributed by atoms with van der Waals surface area (Å²) in [5, 5.41) is 10.4. The molecule has 0 aliphatic carbocycles. The number of fused-ring (bicyclic) bond motifs is 3. The van der Waals surface area contributed by atoms with Crippen LogP contribution in [-0.4, -0.2) is 61.1 Å². The van der Waals surface area contributed by atoms with E-state index in [9.17, 15) is 9.59 Å². The van der Waals surface area contributed by atoms with Gasteiger partial charge in [-0.15, -0.1) is 21.5 Å². The highest BCUT2D eigenvalue weighted by molar-refractivity contribution is 7.17. The Balaban J connectivity index is 1.17. The molecule has 166 valence electrons. The van der Waals surface area contributed by atoms with Gasteiger partial charge in [-0.1, -0.05) is 30.3 Å². The van der Waals surface area contributed by atoms with Crippen molar-refractivity contribution in [1.82, 2.24) is 29.0 Å². The van der Waals surface area contributed by atoms with Crippen LogP contribution < -0.4 is 5.56 Å². The summed E-state index contributed by atoms with van der Waals surface area (Å²) in [6.45, 7) is 4.29. The average molecular weight is 451 g/mol. The van der Waals surface area contributed by atoms with E-state index < -0.39 is 0 Å². The molecule has 8 nitrogen and oxygen atoms in total. The second-order valence-corrected chi connectivity index (χ2v) is 9.16. The Hall–Kier alpha value is -3.04. The molecule has 0 radical (unpaired) electrons. The summed E-state index contributed by atoms with van der Waals surface area (Å²) in [6.07, 6.45) is 1.84. The van der Waals surface area contributed by atoms with Crippen molar-refractivity contribution in [1.29, 1.82) is 0 Å². The van der Waals surface area contributed by atoms with Gasteiger partial charge in [-0.25, -0.2) is 0 Å². The molecule has 1 aromatic carbocycles. The number of benzene rings is 1. The number of nitrogens with zero attached hydrogens (tertiary/aromatic N) is 6. The first kappa shape index (κ1) is 20.8. The van der Waals surface area contributed by atoms with Gasteiger partial charge in [0.25, 0.3) is 5.56 Å². The van der Waals surface area contributed by atoms with Gasteiger partial charge in [-0.3, -0.25) is 23.5 Å². The zero-order chi connectivity index (χ0) is 22.1. The number of thiophene rings is 1. The molecule has 0 N–H and O–H groups in total. The summed E-state index contributed by atoms with van der Waals surface area (Å²) in [5.41, 5.74) is 2.10. The minimum absolute atomic E-state index is 0.0527. The van der Waals surface area contributed by atoms with Crippen LogP contribution in [0.15, 0.2) is 46.6 Å². The number of hydrogen-bond acceptors (Lipinski definition) is 6. The Morgan fingerprint density at radius 1 is 1.06 bits per heavy atom. The van der Waals surface area contributed by atoms with Gasteiger partial charge in [-0.05, 0) is 23.4 Å². The second-order valence-electron chi connectivity index (χ2n) is 8.25. The fourth-order valence-corrected chi connectivity index (χ4v) is 5.22. The lowest BCUT2D eigenvalue weighted by Gasteiger charge is -2.34. The highest BCUT2D eigenvalue weighted by atomic mass is 32.1. The van der Waals surface area contributed by atoms with E-state index in [1.165, 1.54) is 21.5 Å². The standard InChI is InChI=1S/C23H26N6O2S/c1-26-22(31)21-18(10-15-32-21)29-19(24-25-23(26)29)8-5-9-20(30)28-13-11-27(12-14-28)16-17-6-3-2-4-7-17/h2-4,6-7,10,15H,5,8-9,11-14,16H2,1H3. The molecule has 4 heterocycles. The van der Waals surface area contributed by atoms with E-state index in [0.717, 1.165) is 44.1 Å². The second kappa shape index (κ2) is 8.84. The van der Waals surface area contributed by atoms with Gasteiger partial charge in [0, 0.05) is 52.6 Å². The summed E-state index contributed by atoms with van der Waals surface area (Å²) < 4.78 is 4.18. The van der Waals surface area contributed by atoms with Crippen LogP contribution in [0.3, 0.4) is 0 Å². The van der Waals surface area contributed by atoms with Gasteiger partial charge >= 0.3 is 0 Å². The van der Waals surface area contributed by atoms with Crippen molar-refractivity contribution in [3.63, 3.8) is 0 Å². The average Bonchev–Trinajstić information content (AvgIpc) is 3.46. The zero-order valence-corrected chi connectivity index (χ0v) is 18.9. The third-order valence-corrected chi connectivity index (χ3v) is 7.05. The van der Waals surface area contributed by atoms with Crippen LogP contribution in [0.2, 0.25) is 0 Å². The molecule has 1 saturated heterocycles. The Labute approximate surface area is 189 Å². The normalized spacial score (nSPS) is 15.1. The smallest absolute Gasteiger partial charge is 0.272 e. The first-order valence-electron chi connectivity index (χ1n) is 11.0. The zero-order valence-electron chi connectivity index (χ0n) is 18.1. The molecule has 1 amide bonds. The predicted molar refractivity (Wildman–Crippen MR) is 125 cm³/mol. The maximum Gasteiger partial charge on any atom is 0.272 e. The fraction of sp³-hybridized carbons (Fsp3) is 0.391. The van der Waals surface area contributed by atoms with Gasteiger partial charge in [0.2, 0.25) is 11.7 Å². The van der Waals surface area contributed by atoms with Crippen molar-refractivity contribution in [2.24, 2.45) is 7.05 Å². The molecule has 0 atom stereocenters. The summed E-state index contributed by atoms with van der Waals surface area (Å²) >= 11 is 1.43. The highest BCUT2D eigenvalue weighted by Gasteiger charge is 2.21. The fourth-order valence-electron chi connectivity index (χ4n) is 4.37. The number of rotatable bonds is 6. The number of amides is 1. The van der Waals surface area contributed by atoms with E-state index in [2.05, 4.69) is 39.4 Å². The SMILES string of the molecule is Cn1c(=O)c2sccc2n2c(CCCC(=O)N3CCN(Cc4ccccc4)CC3)nnc12. The minimum atomic E-state index is -0.0527. The molecule has 0 saturated carbocycles. The monoisotopic (exact) mass is 450 g/mol. The van der Waals surface area contributed by atoms with E-state index in [4.69, 9.17) is 0 Å². The first-order chi connectivity index (χ1) is 15.6. The number of piperazine rings is 1. The summed E-state index contributed by atoms with van der Waals surface area (Å²) in [7, 11) is 1.72. The Morgan fingerprint density at radius 3 is 2.62 bits per heavy atom. The van der Waals surface area contributed by atoms with Gasteiger partial charge < -0.3 is 4.90 Å². The molecule has 3 aromatic heterocycles. The molecule has 1 aliphatic rings. The Kier molecular flexibility index (Phi) is 5.75. The third kappa shape index (κ3) is 3.93. The van der Waals surface area contributed by atoms with Gasteiger partial charge in [0.1, 0.15) is 10.5 Å². The lowest BCUT2D eigenvalue weighted by atomic mass is 10.1. The van der Waals surface area contributed by atoms with Crippen LogP contribution in [0.25, 0.3) is 16.0 Å². The van der Waals surface area contributed by atoms with E-state index >= 15 is 0 Å². The quantitative estimate of drug-likeness (QED) is 0.451. The largest absolute Gasteiger partial charge is 0.340 e. The molecule has 4 aromatic rings. The number of hydrogen-bond donors (Lipinski definition) is 0. The molecule has 5 rings (SSSR count). The summed E-state index contributed by atoms with van der Waals surface area (Å²) in [4.78, 5) is 29.6. The van der Waals surface area contributed by atoms with E-state index in [-0.39, 0.29) is 11.5 Å². The lowest BCUT2D eigenvalue weighted by Crippen LogP contribution is -2.48. The number of aryl methyl sites for hydroxylation is 2. The topological polar surface area (TPSA) is 75.7 Å². The molecule has 9 heteroatoms. The molecular formula is C23H26N6O2S. The molecule has 1 fully saturated rings. The Morgan fingerprint density at radius 2 is 1.84 bits per heavy atom. The minimum Gasteiger partial charge on any atom is -0.340 e. The van der Waals surface area contributed by atoms with Crippen molar-refractivity contribution >= 4 is 33.2 Å². The predicted octanol–water partition coefficient (Wildman–Crippen LogP) is 2.31. The van der Waals surface area contributed by atoms with Gasteiger partial charge in [-0.2, -0.15) is 0 Å². The van der Waals surface area contributed by atoms with Gasteiger partial charge in [0.05, 0.1) is 5.52 Å². The van der Waals surface area contributed by atoms with Gasteiger partial charge in [0.15, 0.2) is 0 Å². The summed E-state index contributed by atoms with van der Waals surface area (Å²) in [6, 6.07) is 12.4. The Bertz CT molecular complexity index is 1300.